The van der Waals surface area contributed by atoms with Crippen LogP contribution in [-0.2, 0) is 0 Å². The molecule has 0 aromatic rings. The number of rotatable bonds is 8. The van der Waals surface area contributed by atoms with E-state index in [0.29, 0.717) is 5.92 Å². The Morgan fingerprint density at radius 2 is 1.74 bits per heavy atom. The highest BCUT2D eigenvalue weighted by Gasteiger charge is 2.28. The first-order valence-corrected chi connectivity index (χ1v) is 8.53. The second-order valence-electron chi connectivity index (χ2n) is 6.23. The molecule has 134 valence electrons. The zero-order valence-corrected chi connectivity index (χ0v) is 16.7. The first kappa shape index (κ1) is 23.9. The molecule has 0 amide bonds. The lowest BCUT2D eigenvalue weighted by molar-refractivity contribution is -0.915. The molecule has 0 aliphatic carbocycles. The number of likely N-dealkylation sites (N-methyl/N-ethyl adjacent to an activating group) is 1. The van der Waals surface area contributed by atoms with E-state index in [9.17, 15) is 4.39 Å². The van der Waals surface area contributed by atoms with Crippen molar-refractivity contribution >= 4 is 0 Å². The second kappa shape index (κ2) is 13.1. The van der Waals surface area contributed by atoms with E-state index < -0.39 is 6.80 Å². The Labute approximate surface area is 144 Å². The molecule has 2 nitrogen and oxygen atoms in total. The Kier molecular flexibility index (Phi) is 13.6. The van der Waals surface area contributed by atoms with Gasteiger partial charge in [0, 0.05) is 18.8 Å². The molecule has 0 aromatic heterocycles. The summed E-state index contributed by atoms with van der Waals surface area (Å²) in [4.78, 5) is 0. The fourth-order valence-corrected chi connectivity index (χ4v) is 2.17. The number of halogens is 1. The van der Waals surface area contributed by atoms with Crippen molar-refractivity contribution in [3.8, 4) is 0 Å². The minimum Gasteiger partial charge on any atom is -0.394 e. The van der Waals surface area contributed by atoms with Crippen LogP contribution in [0.15, 0.2) is 47.7 Å². The molecule has 1 atom stereocenters. The van der Waals surface area contributed by atoms with Gasteiger partial charge in [-0.2, -0.15) is 4.39 Å². The molecule has 0 aliphatic rings. The minimum absolute atomic E-state index is 0.00936. The van der Waals surface area contributed by atoms with E-state index in [1.54, 1.807) is 0 Å². The predicted molar refractivity (Wildman–Crippen MR) is 103 cm³/mol. The molecular weight excluding hydrogens is 287 g/mol. The molecule has 23 heavy (non-hydrogen) atoms. The largest absolute Gasteiger partial charge is 0.394 e. The molecule has 0 saturated carbocycles. The molecule has 3 heteroatoms. The van der Waals surface area contributed by atoms with Gasteiger partial charge in [-0.1, -0.05) is 52.0 Å². The second-order valence-corrected chi connectivity index (χ2v) is 6.23. The molecule has 0 saturated heterocycles. The first-order chi connectivity index (χ1) is 10.8. The van der Waals surface area contributed by atoms with Gasteiger partial charge >= 0.3 is 0 Å². The van der Waals surface area contributed by atoms with Crippen molar-refractivity contribution in [2.75, 3.05) is 27.9 Å². The maximum Gasteiger partial charge on any atom is 0.222 e. The molecule has 0 bridgehead atoms. The average molecular weight is 326 g/mol. The van der Waals surface area contributed by atoms with Crippen LogP contribution in [0, 0.1) is 5.92 Å². The van der Waals surface area contributed by atoms with Crippen LogP contribution in [0.4, 0.5) is 4.39 Å². The zero-order valence-electron chi connectivity index (χ0n) is 16.7. The Morgan fingerprint density at radius 1 is 1.17 bits per heavy atom. The summed E-state index contributed by atoms with van der Waals surface area (Å²) in [7, 11) is 5.71. The van der Waals surface area contributed by atoms with Gasteiger partial charge < -0.3 is 5.32 Å². The van der Waals surface area contributed by atoms with Crippen LogP contribution in [0.1, 0.15) is 41.5 Å². The minimum atomic E-state index is -0.403. The van der Waals surface area contributed by atoms with Gasteiger partial charge in [0.25, 0.3) is 0 Å². The van der Waals surface area contributed by atoms with E-state index in [2.05, 4.69) is 31.3 Å². The Hall–Kier alpha value is -1.35. The average Bonchev–Trinajstić information content (AvgIpc) is 2.52. The third-order valence-corrected chi connectivity index (χ3v) is 3.51. The highest BCUT2D eigenvalue weighted by atomic mass is 19.1. The summed E-state index contributed by atoms with van der Waals surface area (Å²) in [6, 6.07) is 0.00936. The van der Waals surface area contributed by atoms with Crippen molar-refractivity contribution < 1.29 is 8.87 Å². The number of hydrogen-bond acceptors (Lipinski definition) is 1. The van der Waals surface area contributed by atoms with E-state index in [0.717, 1.165) is 5.57 Å². The third kappa shape index (κ3) is 9.39. The molecule has 1 unspecified atom stereocenters. The van der Waals surface area contributed by atoms with E-state index in [4.69, 9.17) is 0 Å². The molecule has 0 spiro atoms. The van der Waals surface area contributed by atoms with Gasteiger partial charge in [0.1, 0.15) is 6.04 Å². The summed E-state index contributed by atoms with van der Waals surface area (Å²) in [5.41, 5.74) is 2.35. The molecule has 1 N–H and O–H groups in total. The van der Waals surface area contributed by atoms with E-state index in [1.165, 1.54) is 5.57 Å². The number of nitrogens with one attached hydrogen (secondary N) is 1. The smallest absolute Gasteiger partial charge is 0.222 e. The Bertz CT molecular complexity index is 415. The summed E-state index contributed by atoms with van der Waals surface area (Å²) in [6.07, 6.45) is 12.3. The summed E-state index contributed by atoms with van der Waals surface area (Å²) >= 11 is 0. The maximum absolute atomic E-state index is 13.4. The molecular formula is C20H38FN2+. The standard InChI is InChI=1S/C18H32FN2.C2H6/c1-8-9-10-11-17(15(2)3)12-18(16(4)13-20-5)21(6,7)14-19;1-2/h8-13,15,18,20H,14H2,1-7H3;1-2H3/q+1;/b9-8+,11-10-,16-13-,17-12-;. The van der Waals surface area contributed by atoms with Gasteiger partial charge in [-0.3, -0.25) is 4.48 Å². The van der Waals surface area contributed by atoms with E-state index in [-0.39, 0.29) is 10.5 Å². The van der Waals surface area contributed by atoms with Crippen LogP contribution < -0.4 is 5.32 Å². The van der Waals surface area contributed by atoms with Crippen LogP contribution in [0.2, 0.25) is 0 Å². The number of allylic oxidation sites excluding steroid dienone is 5. The third-order valence-electron chi connectivity index (χ3n) is 3.51. The topological polar surface area (TPSA) is 12.0 Å². The van der Waals surface area contributed by atoms with Crippen LogP contribution in [-0.4, -0.2) is 38.5 Å². The molecule has 0 fully saturated rings. The predicted octanol–water partition coefficient (Wildman–Crippen LogP) is 5.22. The highest BCUT2D eigenvalue weighted by molar-refractivity contribution is 5.28. The van der Waals surface area contributed by atoms with Crippen LogP contribution in [0.25, 0.3) is 0 Å². The van der Waals surface area contributed by atoms with Crippen LogP contribution in [0.5, 0.6) is 0 Å². The van der Waals surface area contributed by atoms with Crippen molar-refractivity contribution in [3.63, 3.8) is 0 Å². The Morgan fingerprint density at radius 3 is 2.13 bits per heavy atom. The molecule has 0 rings (SSSR count). The summed E-state index contributed by atoms with van der Waals surface area (Å²) < 4.78 is 13.7. The fraction of sp³-hybridized carbons (Fsp3) is 0.600. The van der Waals surface area contributed by atoms with Gasteiger partial charge in [0.2, 0.25) is 6.80 Å². The van der Waals surface area contributed by atoms with Crippen LogP contribution >= 0.6 is 0 Å². The van der Waals surface area contributed by atoms with E-state index >= 15 is 0 Å². The van der Waals surface area contributed by atoms with E-state index in [1.807, 2.05) is 73.3 Å². The van der Waals surface area contributed by atoms with Crippen molar-refractivity contribution in [1.29, 1.82) is 0 Å². The van der Waals surface area contributed by atoms with Gasteiger partial charge in [-0.25, -0.2) is 0 Å². The van der Waals surface area contributed by atoms with Gasteiger partial charge in [-0.05, 0) is 31.4 Å². The SMILES string of the molecule is C/C=C/C=C\C(=C\C(/C(C)=C\NC)[N+](C)(C)CF)C(C)C.CC. The quantitative estimate of drug-likeness (QED) is 0.366. The number of alkyl halides is 1. The Balaban J connectivity index is 0. The molecule has 0 aromatic carbocycles. The zero-order chi connectivity index (χ0) is 18.5. The lowest BCUT2D eigenvalue weighted by Gasteiger charge is -2.35. The normalized spacial score (nSPS) is 15.1. The first-order valence-electron chi connectivity index (χ1n) is 8.53. The molecule has 0 aliphatic heterocycles. The number of nitrogens with zero attached hydrogens (tertiary/aromatic N) is 1. The molecule has 0 radical (unpaired) electrons. The summed E-state index contributed by atoms with van der Waals surface area (Å²) in [5.74, 6) is 0.399. The molecule has 0 heterocycles. The van der Waals surface area contributed by atoms with Gasteiger partial charge in [0.15, 0.2) is 0 Å². The van der Waals surface area contributed by atoms with Crippen molar-refractivity contribution in [2.45, 2.75) is 47.6 Å². The number of quaternary nitrogens is 1. The summed E-state index contributed by atoms with van der Waals surface area (Å²) in [6.45, 7) is 12.0. The van der Waals surface area contributed by atoms with Gasteiger partial charge in [-0.15, -0.1) is 0 Å². The lowest BCUT2D eigenvalue weighted by atomic mass is 9.96. The maximum atomic E-state index is 13.4. The highest BCUT2D eigenvalue weighted by Crippen LogP contribution is 2.22. The van der Waals surface area contributed by atoms with Crippen molar-refractivity contribution in [2.24, 2.45) is 5.92 Å². The van der Waals surface area contributed by atoms with Crippen molar-refractivity contribution in [3.05, 3.63) is 47.7 Å². The lowest BCUT2D eigenvalue weighted by Crippen LogP contribution is -2.48. The number of hydrogen-bond donors (Lipinski definition) is 1. The van der Waals surface area contributed by atoms with Gasteiger partial charge in [0.05, 0.1) is 14.1 Å². The van der Waals surface area contributed by atoms with Crippen LogP contribution in [0.3, 0.4) is 0 Å². The fourth-order valence-electron chi connectivity index (χ4n) is 2.17. The monoisotopic (exact) mass is 325 g/mol. The summed E-state index contributed by atoms with van der Waals surface area (Å²) in [5, 5.41) is 3.05. The van der Waals surface area contributed by atoms with Crippen molar-refractivity contribution in [1.82, 2.24) is 5.32 Å².